The van der Waals surface area contributed by atoms with Gasteiger partial charge < -0.3 is 10.5 Å². The summed E-state index contributed by atoms with van der Waals surface area (Å²) >= 11 is 0. The van der Waals surface area contributed by atoms with Crippen LogP contribution in [0, 0.1) is 5.92 Å². The van der Waals surface area contributed by atoms with Crippen molar-refractivity contribution in [3.8, 4) is 5.75 Å². The molecule has 2 N–H and O–H groups in total. The number of hydrogen-bond acceptors (Lipinski definition) is 3. The second-order valence-corrected chi connectivity index (χ2v) is 6.01. The smallest absolute Gasteiger partial charge is 0.124 e. The monoisotopic (exact) mass is 296 g/mol. The standard InChI is InChI=1S/C19H24N2O/c20-12-17-10-11-21(13-17)14-18-8-4-5-9-19(18)22-15-16-6-2-1-3-7-16/h1-9,17H,10-15,20H2. The van der Waals surface area contributed by atoms with E-state index in [1.165, 1.54) is 17.5 Å². The second-order valence-electron chi connectivity index (χ2n) is 6.01. The fourth-order valence-corrected chi connectivity index (χ4v) is 3.00. The fraction of sp³-hybridized carbons (Fsp3) is 0.368. The van der Waals surface area contributed by atoms with E-state index >= 15 is 0 Å². The number of benzene rings is 2. The molecule has 1 atom stereocenters. The van der Waals surface area contributed by atoms with E-state index in [1.807, 2.05) is 24.3 Å². The van der Waals surface area contributed by atoms with E-state index in [1.54, 1.807) is 0 Å². The van der Waals surface area contributed by atoms with E-state index in [2.05, 4.69) is 35.2 Å². The van der Waals surface area contributed by atoms with Gasteiger partial charge in [0, 0.05) is 18.7 Å². The number of rotatable bonds is 6. The van der Waals surface area contributed by atoms with Crippen LogP contribution in [0.25, 0.3) is 0 Å². The molecule has 1 heterocycles. The summed E-state index contributed by atoms with van der Waals surface area (Å²) in [7, 11) is 0. The molecule has 1 aliphatic rings. The van der Waals surface area contributed by atoms with Crippen LogP contribution in [0.5, 0.6) is 5.75 Å². The van der Waals surface area contributed by atoms with Gasteiger partial charge in [0.25, 0.3) is 0 Å². The minimum atomic E-state index is 0.614. The number of nitrogens with two attached hydrogens (primary N) is 1. The first kappa shape index (κ1) is 15.1. The molecular weight excluding hydrogens is 272 g/mol. The molecule has 0 bridgehead atoms. The van der Waals surface area contributed by atoms with E-state index in [-0.39, 0.29) is 0 Å². The lowest BCUT2D eigenvalue weighted by atomic mass is 10.1. The van der Waals surface area contributed by atoms with Gasteiger partial charge in [-0.05, 0) is 37.1 Å². The zero-order valence-electron chi connectivity index (χ0n) is 12.9. The highest BCUT2D eigenvalue weighted by Crippen LogP contribution is 2.24. The Morgan fingerprint density at radius 1 is 1.05 bits per heavy atom. The van der Waals surface area contributed by atoms with Crippen molar-refractivity contribution in [2.24, 2.45) is 11.7 Å². The Hall–Kier alpha value is -1.84. The van der Waals surface area contributed by atoms with Gasteiger partial charge in [0.15, 0.2) is 0 Å². The number of hydrogen-bond donors (Lipinski definition) is 1. The lowest BCUT2D eigenvalue weighted by Crippen LogP contribution is -2.23. The zero-order valence-corrected chi connectivity index (χ0v) is 12.9. The van der Waals surface area contributed by atoms with Crippen LogP contribution in [0.3, 0.4) is 0 Å². The van der Waals surface area contributed by atoms with E-state index in [0.717, 1.165) is 31.9 Å². The van der Waals surface area contributed by atoms with Gasteiger partial charge in [-0.15, -0.1) is 0 Å². The summed E-state index contributed by atoms with van der Waals surface area (Å²) in [4.78, 5) is 2.47. The third kappa shape index (κ3) is 3.87. The van der Waals surface area contributed by atoms with Crippen molar-refractivity contribution in [1.82, 2.24) is 4.90 Å². The van der Waals surface area contributed by atoms with Gasteiger partial charge >= 0.3 is 0 Å². The van der Waals surface area contributed by atoms with E-state index in [0.29, 0.717) is 12.5 Å². The van der Waals surface area contributed by atoms with Crippen molar-refractivity contribution in [3.63, 3.8) is 0 Å². The minimum Gasteiger partial charge on any atom is -0.489 e. The van der Waals surface area contributed by atoms with Crippen molar-refractivity contribution in [2.75, 3.05) is 19.6 Å². The number of ether oxygens (including phenoxy) is 1. The van der Waals surface area contributed by atoms with Crippen LogP contribution in [-0.4, -0.2) is 24.5 Å². The summed E-state index contributed by atoms with van der Waals surface area (Å²) in [6.07, 6.45) is 1.21. The molecule has 0 amide bonds. The molecule has 0 saturated carbocycles. The first-order chi connectivity index (χ1) is 10.8. The van der Waals surface area contributed by atoms with Crippen LogP contribution in [0.15, 0.2) is 54.6 Å². The highest BCUT2D eigenvalue weighted by atomic mass is 16.5. The minimum absolute atomic E-state index is 0.614. The number of likely N-dealkylation sites (tertiary alicyclic amines) is 1. The van der Waals surface area contributed by atoms with Gasteiger partial charge in [-0.3, -0.25) is 4.90 Å². The topological polar surface area (TPSA) is 38.5 Å². The highest BCUT2D eigenvalue weighted by Gasteiger charge is 2.21. The maximum Gasteiger partial charge on any atom is 0.124 e. The van der Waals surface area contributed by atoms with E-state index < -0.39 is 0 Å². The zero-order chi connectivity index (χ0) is 15.2. The molecule has 0 aromatic heterocycles. The highest BCUT2D eigenvalue weighted by molar-refractivity contribution is 5.33. The van der Waals surface area contributed by atoms with Crippen molar-refractivity contribution < 1.29 is 4.74 Å². The summed E-state index contributed by atoms with van der Waals surface area (Å²) in [5, 5.41) is 0. The predicted octanol–water partition coefficient (Wildman–Crippen LogP) is 3.05. The molecule has 1 aliphatic heterocycles. The third-order valence-electron chi connectivity index (χ3n) is 4.31. The van der Waals surface area contributed by atoms with E-state index in [4.69, 9.17) is 10.5 Å². The van der Waals surface area contributed by atoms with Crippen LogP contribution in [0.4, 0.5) is 0 Å². The van der Waals surface area contributed by atoms with Gasteiger partial charge in [0.2, 0.25) is 0 Å². The molecule has 2 aromatic carbocycles. The molecule has 116 valence electrons. The predicted molar refractivity (Wildman–Crippen MR) is 89.7 cm³/mol. The molecule has 1 saturated heterocycles. The Bertz CT molecular complexity index is 585. The van der Waals surface area contributed by atoms with Crippen molar-refractivity contribution >= 4 is 0 Å². The molecule has 3 heteroatoms. The van der Waals surface area contributed by atoms with Crippen LogP contribution >= 0.6 is 0 Å². The SMILES string of the molecule is NCC1CCN(Cc2ccccc2OCc2ccccc2)C1. The average molecular weight is 296 g/mol. The van der Waals surface area contributed by atoms with Gasteiger partial charge in [0.05, 0.1) is 0 Å². The van der Waals surface area contributed by atoms with Gasteiger partial charge in [-0.1, -0.05) is 48.5 Å². The molecule has 0 radical (unpaired) electrons. The first-order valence-electron chi connectivity index (χ1n) is 8.02. The molecule has 1 unspecified atom stereocenters. The summed E-state index contributed by atoms with van der Waals surface area (Å²) in [6.45, 7) is 4.59. The quantitative estimate of drug-likeness (QED) is 0.890. The average Bonchev–Trinajstić information content (AvgIpc) is 3.03. The van der Waals surface area contributed by atoms with E-state index in [9.17, 15) is 0 Å². The molecule has 0 aliphatic carbocycles. The lowest BCUT2D eigenvalue weighted by Gasteiger charge is -2.18. The van der Waals surface area contributed by atoms with Crippen molar-refractivity contribution in [1.29, 1.82) is 0 Å². The summed E-state index contributed by atoms with van der Waals surface area (Å²) < 4.78 is 6.04. The van der Waals surface area contributed by atoms with Crippen LogP contribution in [0.1, 0.15) is 17.5 Å². The maximum atomic E-state index is 6.04. The Labute approximate surface area is 132 Å². The molecule has 3 rings (SSSR count). The fourth-order valence-electron chi connectivity index (χ4n) is 3.00. The number of nitrogens with zero attached hydrogens (tertiary/aromatic N) is 1. The summed E-state index contributed by atoms with van der Waals surface area (Å²) in [5.41, 5.74) is 8.24. The summed E-state index contributed by atoms with van der Waals surface area (Å²) in [5.74, 6) is 1.64. The third-order valence-corrected chi connectivity index (χ3v) is 4.31. The molecule has 2 aromatic rings. The van der Waals surface area contributed by atoms with Gasteiger partial charge in [-0.25, -0.2) is 0 Å². The Balaban J connectivity index is 1.63. The Morgan fingerprint density at radius 3 is 2.59 bits per heavy atom. The van der Waals surface area contributed by atoms with Crippen molar-refractivity contribution in [3.05, 3.63) is 65.7 Å². The molecule has 0 spiro atoms. The largest absolute Gasteiger partial charge is 0.489 e. The molecule has 3 nitrogen and oxygen atoms in total. The Morgan fingerprint density at radius 2 is 1.82 bits per heavy atom. The molecular formula is C19H24N2O. The molecule has 22 heavy (non-hydrogen) atoms. The second kappa shape index (κ2) is 7.43. The summed E-state index contributed by atoms with van der Waals surface area (Å²) in [6, 6.07) is 18.6. The lowest BCUT2D eigenvalue weighted by molar-refractivity contribution is 0.282. The maximum absolute atomic E-state index is 6.04. The van der Waals surface area contributed by atoms with Crippen molar-refractivity contribution in [2.45, 2.75) is 19.6 Å². The van der Waals surface area contributed by atoms with Crippen LogP contribution in [0.2, 0.25) is 0 Å². The van der Waals surface area contributed by atoms with Gasteiger partial charge in [-0.2, -0.15) is 0 Å². The molecule has 1 fully saturated rings. The number of para-hydroxylation sites is 1. The van der Waals surface area contributed by atoms with Gasteiger partial charge in [0.1, 0.15) is 12.4 Å². The Kier molecular flexibility index (Phi) is 5.09. The van der Waals surface area contributed by atoms with Crippen LogP contribution < -0.4 is 10.5 Å². The normalized spacial score (nSPS) is 18.5. The first-order valence-corrected chi connectivity index (χ1v) is 8.02. The van der Waals surface area contributed by atoms with Crippen LogP contribution in [-0.2, 0) is 13.2 Å².